The molecule has 0 aliphatic carbocycles. The topological polar surface area (TPSA) is 21.3 Å². The van der Waals surface area contributed by atoms with Gasteiger partial charge in [0.1, 0.15) is 5.82 Å². The van der Waals surface area contributed by atoms with Crippen molar-refractivity contribution in [2.24, 2.45) is 0 Å². The Balaban J connectivity index is 2.68. The summed E-state index contributed by atoms with van der Waals surface area (Å²) in [5.41, 5.74) is 1.34. The summed E-state index contributed by atoms with van der Waals surface area (Å²) in [5, 5.41) is 3.32. The van der Waals surface area contributed by atoms with Crippen molar-refractivity contribution in [3.8, 4) is 0 Å². The summed E-state index contributed by atoms with van der Waals surface area (Å²) in [6.07, 6.45) is 0.861. The number of anilines is 1. The van der Waals surface area contributed by atoms with E-state index in [4.69, 9.17) is 4.74 Å². The highest BCUT2D eigenvalue weighted by Crippen LogP contribution is 2.22. The molecule has 0 radical (unpaired) electrons. The first-order chi connectivity index (χ1) is 7.85. The van der Waals surface area contributed by atoms with Crippen LogP contribution in [0.3, 0.4) is 0 Å². The van der Waals surface area contributed by atoms with Crippen LogP contribution in [0, 0.1) is 12.7 Å². The summed E-state index contributed by atoms with van der Waals surface area (Å²) in [4.78, 5) is 0. The summed E-state index contributed by atoms with van der Waals surface area (Å²) in [7, 11) is 1.71. The zero-order chi connectivity index (χ0) is 13.1. The zero-order valence-corrected chi connectivity index (χ0v) is 11.3. The molecule has 1 unspecified atom stereocenters. The van der Waals surface area contributed by atoms with E-state index in [1.807, 2.05) is 19.9 Å². The lowest BCUT2D eigenvalue weighted by Crippen LogP contribution is -2.31. The SMILES string of the molecule is COC(C)(C)CC(C)Nc1cccc(F)c1C. The fraction of sp³-hybridized carbons (Fsp3) is 0.571. The third-order valence-electron chi connectivity index (χ3n) is 3.02. The van der Waals surface area contributed by atoms with Gasteiger partial charge in [-0.15, -0.1) is 0 Å². The molecule has 0 aliphatic rings. The number of methoxy groups -OCH3 is 1. The first-order valence-corrected chi connectivity index (χ1v) is 5.92. The van der Waals surface area contributed by atoms with E-state index in [1.54, 1.807) is 20.1 Å². The van der Waals surface area contributed by atoms with E-state index >= 15 is 0 Å². The zero-order valence-electron chi connectivity index (χ0n) is 11.3. The van der Waals surface area contributed by atoms with E-state index in [9.17, 15) is 4.39 Å². The maximum Gasteiger partial charge on any atom is 0.128 e. The highest BCUT2D eigenvalue weighted by molar-refractivity contribution is 5.51. The van der Waals surface area contributed by atoms with Crippen LogP contribution in [-0.4, -0.2) is 18.8 Å². The van der Waals surface area contributed by atoms with Crippen LogP contribution in [0.15, 0.2) is 18.2 Å². The van der Waals surface area contributed by atoms with Crippen LogP contribution in [0.25, 0.3) is 0 Å². The lowest BCUT2D eigenvalue weighted by Gasteiger charge is -2.28. The Kier molecular flexibility index (Phi) is 4.52. The van der Waals surface area contributed by atoms with Gasteiger partial charge < -0.3 is 10.1 Å². The van der Waals surface area contributed by atoms with Crippen LogP contribution in [0.2, 0.25) is 0 Å². The molecule has 0 saturated carbocycles. The van der Waals surface area contributed by atoms with Gasteiger partial charge in [-0.3, -0.25) is 0 Å². The molecule has 1 atom stereocenters. The minimum absolute atomic E-state index is 0.173. The fourth-order valence-electron chi connectivity index (χ4n) is 1.90. The van der Waals surface area contributed by atoms with Crippen molar-refractivity contribution in [2.45, 2.75) is 45.8 Å². The molecule has 0 heterocycles. The van der Waals surface area contributed by atoms with E-state index in [2.05, 4.69) is 12.2 Å². The van der Waals surface area contributed by atoms with Gasteiger partial charge in [-0.2, -0.15) is 0 Å². The largest absolute Gasteiger partial charge is 0.382 e. The van der Waals surface area contributed by atoms with Crippen molar-refractivity contribution in [2.75, 3.05) is 12.4 Å². The molecule has 2 nitrogen and oxygen atoms in total. The highest BCUT2D eigenvalue weighted by Gasteiger charge is 2.20. The van der Waals surface area contributed by atoms with Crippen molar-refractivity contribution in [1.29, 1.82) is 0 Å². The molecule has 3 heteroatoms. The Hall–Kier alpha value is -1.09. The summed E-state index contributed by atoms with van der Waals surface area (Å²) in [6, 6.07) is 5.32. The van der Waals surface area contributed by atoms with Gasteiger partial charge in [0, 0.05) is 24.4 Å². The summed E-state index contributed by atoms with van der Waals surface area (Å²) in [5.74, 6) is -0.173. The van der Waals surface area contributed by atoms with E-state index < -0.39 is 0 Å². The predicted octanol–water partition coefficient (Wildman–Crippen LogP) is 3.75. The van der Waals surface area contributed by atoms with Crippen molar-refractivity contribution < 1.29 is 9.13 Å². The third-order valence-corrected chi connectivity index (χ3v) is 3.02. The Morgan fingerprint density at radius 3 is 2.65 bits per heavy atom. The van der Waals surface area contributed by atoms with Crippen molar-refractivity contribution in [1.82, 2.24) is 0 Å². The van der Waals surface area contributed by atoms with Gasteiger partial charge in [0.15, 0.2) is 0 Å². The minimum Gasteiger partial charge on any atom is -0.382 e. The Bertz CT molecular complexity index is 376. The van der Waals surface area contributed by atoms with E-state index in [0.717, 1.165) is 12.1 Å². The second kappa shape index (κ2) is 5.50. The number of rotatable bonds is 5. The molecule has 1 aromatic rings. The number of hydrogen-bond donors (Lipinski definition) is 1. The van der Waals surface area contributed by atoms with E-state index in [0.29, 0.717) is 5.56 Å². The summed E-state index contributed by atoms with van der Waals surface area (Å²) in [6.45, 7) is 7.95. The molecule has 0 bridgehead atoms. The van der Waals surface area contributed by atoms with Gasteiger partial charge in [0.25, 0.3) is 0 Å². The molecule has 1 N–H and O–H groups in total. The minimum atomic E-state index is -0.173. The van der Waals surface area contributed by atoms with Crippen molar-refractivity contribution in [3.63, 3.8) is 0 Å². The standard InChI is InChI=1S/C14H22FNO/c1-10(9-14(3,4)17-5)16-13-8-6-7-12(15)11(13)2/h6-8,10,16H,9H2,1-5H3. The van der Waals surface area contributed by atoms with Gasteiger partial charge >= 0.3 is 0 Å². The predicted molar refractivity (Wildman–Crippen MR) is 69.9 cm³/mol. The molecular weight excluding hydrogens is 217 g/mol. The van der Waals surface area contributed by atoms with Crippen LogP contribution in [0.5, 0.6) is 0 Å². The number of benzene rings is 1. The number of ether oxygens (including phenoxy) is 1. The molecular formula is C14H22FNO. The van der Waals surface area contributed by atoms with Crippen molar-refractivity contribution in [3.05, 3.63) is 29.6 Å². The van der Waals surface area contributed by atoms with Crippen molar-refractivity contribution >= 4 is 5.69 Å². The monoisotopic (exact) mass is 239 g/mol. The molecule has 1 aromatic carbocycles. The maximum absolute atomic E-state index is 13.4. The maximum atomic E-state index is 13.4. The normalized spacial score (nSPS) is 13.5. The third kappa shape index (κ3) is 4.00. The van der Waals surface area contributed by atoms with Gasteiger partial charge in [0.05, 0.1) is 5.60 Å². The fourth-order valence-corrected chi connectivity index (χ4v) is 1.90. The van der Waals surface area contributed by atoms with Gasteiger partial charge in [-0.05, 0) is 46.2 Å². The first kappa shape index (κ1) is 14.0. The van der Waals surface area contributed by atoms with E-state index in [1.165, 1.54) is 6.07 Å². The lowest BCUT2D eigenvalue weighted by atomic mass is 9.99. The number of hydrogen-bond acceptors (Lipinski definition) is 2. The van der Waals surface area contributed by atoms with Gasteiger partial charge in [-0.25, -0.2) is 4.39 Å². The molecule has 0 spiro atoms. The summed E-state index contributed by atoms with van der Waals surface area (Å²) < 4.78 is 18.8. The molecule has 17 heavy (non-hydrogen) atoms. The van der Waals surface area contributed by atoms with Gasteiger partial charge in [0.2, 0.25) is 0 Å². The second-order valence-electron chi connectivity index (χ2n) is 5.13. The van der Waals surface area contributed by atoms with Gasteiger partial charge in [-0.1, -0.05) is 6.07 Å². The van der Waals surface area contributed by atoms with E-state index in [-0.39, 0.29) is 17.5 Å². The summed E-state index contributed by atoms with van der Waals surface area (Å²) >= 11 is 0. The molecule has 0 amide bonds. The molecule has 96 valence electrons. The molecule has 0 fully saturated rings. The number of nitrogens with one attached hydrogen (secondary N) is 1. The van der Waals surface area contributed by atoms with Crippen LogP contribution < -0.4 is 5.32 Å². The quantitative estimate of drug-likeness (QED) is 0.845. The molecule has 1 rings (SSSR count). The van der Waals surface area contributed by atoms with Crippen LogP contribution in [0.4, 0.5) is 10.1 Å². The van der Waals surface area contributed by atoms with Crippen LogP contribution in [0.1, 0.15) is 32.8 Å². The average Bonchev–Trinajstić information content (AvgIpc) is 2.24. The first-order valence-electron chi connectivity index (χ1n) is 5.92. The highest BCUT2D eigenvalue weighted by atomic mass is 19.1. The van der Waals surface area contributed by atoms with Crippen LogP contribution in [-0.2, 0) is 4.74 Å². The van der Waals surface area contributed by atoms with Crippen LogP contribution >= 0.6 is 0 Å². The second-order valence-corrected chi connectivity index (χ2v) is 5.13. The molecule has 0 aliphatic heterocycles. The smallest absolute Gasteiger partial charge is 0.128 e. The Labute approximate surface area is 103 Å². The molecule has 0 saturated heterocycles. The number of halogens is 1. The Morgan fingerprint density at radius 2 is 2.06 bits per heavy atom. The molecule has 0 aromatic heterocycles. The average molecular weight is 239 g/mol. The lowest BCUT2D eigenvalue weighted by molar-refractivity contribution is 0.0128. The Morgan fingerprint density at radius 1 is 1.41 bits per heavy atom.